The van der Waals surface area contributed by atoms with Crippen molar-refractivity contribution in [2.24, 2.45) is 5.73 Å². The fraction of sp³-hybridized carbons (Fsp3) is 1.00. The molecule has 10 fully saturated rings. The Balaban J connectivity index is 0.888. The van der Waals surface area contributed by atoms with E-state index in [9.17, 15) is 158 Å². The number of unbranched alkanes of at least 4 members (excludes halogenated alkanes) is 2. The van der Waals surface area contributed by atoms with Gasteiger partial charge in [0.1, 0.15) is 244 Å². The smallest absolute Gasteiger partial charge is 0.187 e. The molecule has 0 radical (unpaired) electrons. The number of hydrogen-bond acceptors (Lipinski definition) is 52. The van der Waals surface area contributed by atoms with Crippen LogP contribution >= 0.6 is 0 Å². The predicted octanol–water partition coefficient (Wildman–Crippen LogP) is -21.7. The highest BCUT2D eigenvalue weighted by molar-refractivity contribution is 5.04. The zero-order chi connectivity index (χ0) is 85.6. The molecular weight excluding hydrogens is 1610 g/mol. The molecule has 33 N–H and O–H groups in total. The number of rotatable bonds is 34. The minimum absolute atomic E-state index is 0.0166. The standard InChI is InChI=1S/C65H113NO51/c66-4-2-1-3-5-98-56-43(94)47(32(83)22(12-73)99-56)109-58-45(96)49(34(85)24(14-75)101-58)111-62-54(40(91)30(81)18(8-69)105-62)116-65-55(41(92)31(82)21(11-72)108-65)117-64-52(38(89)28(79)20(10-71)107-64)114-60-44(95)48(33(84)23(13-74)103-60)110-59-46(97)50(35(86)25(15-76)102-59)112-61-53(39(90)29(80)17(7-68)104-61)115-63-51(37(88)27(78)19(9-70)106-63)113-57-42(93)36(87)26(77)16(6-67)100-57/h16-65,67-97H,1-15,66H2/t16?,17?,18?,19?,20?,21?,22?,23?,24?,25?,26-,27-,28-,29-,30-,31-,32-,33-,34-,35-,36+,37+,38+,39+,40+,41+,42?,43?,44?,45?,46?,47+,48+,49+,50+,51?,52?,53?,54?,55?,56+,57-,58-,59-,60-,61-,62-,63-,64-,65-/m1/s1. The van der Waals surface area contributed by atoms with Gasteiger partial charge in [0, 0.05) is 6.61 Å². The van der Waals surface area contributed by atoms with Gasteiger partial charge >= 0.3 is 0 Å². The second-order valence-corrected chi connectivity index (χ2v) is 29.7. The highest BCUT2D eigenvalue weighted by Crippen LogP contribution is 2.42. The third-order valence-corrected chi connectivity index (χ3v) is 22.0. The SMILES string of the molecule is NCCCCCO[C@H]1OC(CO)[C@@H](O)[C@H](O[C@H]2OC(CO)[C@@H](O)[C@H](O[C@H]3OC(CO)[C@@H](O)[C@H](O)C3O[C@H]3OC(CO)[C@@H](O)[C@H](O)C3O[C@H]3OC(CO)[C@@H](O)[C@H](O)C3O[C@H]3OC(CO)[C@@H](O)[C@H](O[C@H]4OC(CO)[C@@H](O)[C@H](O[C@H]5OC(CO)[C@@H](O)[C@H](O)C5O[C@H]5OC(CO)[C@@H](O)[C@H](O)C5O[C@H]5OC(CO)[C@@H](O)[C@H](O)C5O)C4O)C3O)C2O)C1O. The second-order valence-electron chi connectivity index (χ2n) is 29.7. The second kappa shape index (κ2) is 43.4. The first-order chi connectivity index (χ1) is 55.7. The van der Waals surface area contributed by atoms with Crippen LogP contribution in [0.2, 0.25) is 0 Å². The molecule has 10 aliphatic rings. The van der Waals surface area contributed by atoms with Crippen molar-refractivity contribution in [2.45, 2.75) is 326 Å². The van der Waals surface area contributed by atoms with Crippen molar-refractivity contribution in [1.82, 2.24) is 0 Å². The van der Waals surface area contributed by atoms with Gasteiger partial charge in [-0.2, -0.15) is 0 Å². The van der Waals surface area contributed by atoms with E-state index < -0.39 is 373 Å². The Morgan fingerprint density at radius 3 is 0.590 bits per heavy atom. The van der Waals surface area contributed by atoms with Gasteiger partial charge in [-0.25, -0.2) is 0 Å². The van der Waals surface area contributed by atoms with Crippen LogP contribution in [0.5, 0.6) is 0 Å². The first-order valence-electron chi connectivity index (χ1n) is 37.9. The fourth-order valence-electron chi connectivity index (χ4n) is 15.1. The molecule has 52 nitrogen and oxygen atoms in total. The highest BCUT2D eigenvalue weighted by Gasteiger charge is 2.62. The van der Waals surface area contributed by atoms with Crippen LogP contribution in [0, 0.1) is 0 Å². The number of aliphatic hydroxyl groups is 31. The molecule has 10 saturated heterocycles. The summed E-state index contributed by atoms with van der Waals surface area (Å²) in [5, 5.41) is 344. The van der Waals surface area contributed by atoms with E-state index in [-0.39, 0.29) is 6.61 Å². The van der Waals surface area contributed by atoms with E-state index in [1.54, 1.807) is 0 Å². The number of aliphatic hydroxyl groups excluding tert-OH is 31. The Morgan fingerprint density at radius 1 is 0.171 bits per heavy atom. The molecule has 684 valence electrons. The summed E-state index contributed by atoms with van der Waals surface area (Å²) in [6, 6.07) is 0. The third-order valence-electron chi connectivity index (χ3n) is 22.0. The summed E-state index contributed by atoms with van der Waals surface area (Å²) in [6.45, 7) is -10.7. The molecule has 0 aromatic heterocycles. The molecule has 0 aromatic rings. The molecule has 10 aliphatic heterocycles. The van der Waals surface area contributed by atoms with Gasteiger partial charge in [-0.3, -0.25) is 0 Å². The number of ether oxygens (including phenoxy) is 20. The third kappa shape index (κ3) is 21.0. The van der Waals surface area contributed by atoms with E-state index in [1.807, 2.05) is 0 Å². The molecule has 0 aromatic carbocycles. The molecule has 20 unspecified atom stereocenters. The lowest BCUT2D eigenvalue weighted by Crippen LogP contribution is -2.69. The van der Waals surface area contributed by atoms with Crippen molar-refractivity contribution in [2.75, 3.05) is 79.2 Å². The Kier molecular flexibility index (Phi) is 36.0. The van der Waals surface area contributed by atoms with E-state index in [2.05, 4.69) is 0 Å². The first-order valence-corrected chi connectivity index (χ1v) is 37.9. The average molecular weight is 1720 g/mol. The zero-order valence-corrected chi connectivity index (χ0v) is 62.1. The van der Waals surface area contributed by atoms with Crippen molar-refractivity contribution < 1.29 is 253 Å². The molecule has 52 heteroatoms. The van der Waals surface area contributed by atoms with Gasteiger partial charge in [-0.15, -0.1) is 0 Å². The Labute approximate surface area is 662 Å². The van der Waals surface area contributed by atoms with Crippen LogP contribution in [0.25, 0.3) is 0 Å². The minimum atomic E-state index is -2.55. The molecule has 50 atom stereocenters. The van der Waals surface area contributed by atoms with Crippen LogP contribution in [0.3, 0.4) is 0 Å². The van der Waals surface area contributed by atoms with Crippen LogP contribution in [0.4, 0.5) is 0 Å². The van der Waals surface area contributed by atoms with Gasteiger partial charge in [0.2, 0.25) is 0 Å². The first kappa shape index (κ1) is 97.1. The highest BCUT2D eigenvalue weighted by atomic mass is 16.8. The largest absolute Gasteiger partial charge is 0.394 e. The molecule has 0 bridgehead atoms. The molecule has 117 heavy (non-hydrogen) atoms. The summed E-state index contributed by atoms with van der Waals surface area (Å²) >= 11 is 0. The van der Waals surface area contributed by atoms with E-state index in [0.717, 1.165) is 0 Å². The summed E-state index contributed by atoms with van der Waals surface area (Å²) in [6.07, 6.45) is -106. The molecule has 0 saturated carbocycles. The van der Waals surface area contributed by atoms with E-state index in [0.29, 0.717) is 25.8 Å². The summed E-state index contributed by atoms with van der Waals surface area (Å²) in [7, 11) is 0. The van der Waals surface area contributed by atoms with Gasteiger partial charge in [0.05, 0.1) is 66.1 Å². The lowest BCUT2D eigenvalue weighted by Gasteiger charge is -2.51. The summed E-state index contributed by atoms with van der Waals surface area (Å²) < 4.78 is 116. The maximum atomic E-state index is 12.2. The van der Waals surface area contributed by atoms with Crippen LogP contribution in [0.1, 0.15) is 19.3 Å². The Bertz CT molecular complexity index is 2910. The fourth-order valence-corrected chi connectivity index (χ4v) is 15.1. The number of hydrogen-bond donors (Lipinski definition) is 32. The van der Waals surface area contributed by atoms with Gasteiger partial charge in [-0.05, 0) is 25.8 Å². The molecule has 0 aliphatic carbocycles. The van der Waals surface area contributed by atoms with Crippen LogP contribution < -0.4 is 5.73 Å². The van der Waals surface area contributed by atoms with Gasteiger partial charge < -0.3 is 259 Å². The summed E-state index contributed by atoms with van der Waals surface area (Å²) in [5.41, 5.74) is 5.57. The summed E-state index contributed by atoms with van der Waals surface area (Å²) in [4.78, 5) is 0. The summed E-state index contributed by atoms with van der Waals surface area (Å²) in [5.74, 6) is 0. The van der Waals surface area contributed by atoms with Crippen molar-refractivity contribution >= 4 is 0 Å². The molecule has 10 heterocycles. The minimum Gasteiger partial charge on any atom is -0.394 e. The van der Waals surface area contributed by atoms with Gasteiger partial charge in [0.25, 0.3) is 0 Å². The van der Waals surface area contributed by atoms with E-state index in [1.165, 1.54) is 0 Å². The predicted molar refractivity (Wildman–Crippen MR) is 356 cm³/mol. The maximum absolute atomic E-state index is 12.2. The monoisotopic (exact) mass is 1720 g/mol. The topological polar surface area (TPSA) is 838 Å². The zero-order valence-electron chi connectivity index (χ0n) is 62.1. The molecule has 10 rings (SSSR count). The number of nitrogens with two attached hydrogens (primary N) is 1. The van der Waals surface area contributed by atoms with Gasteiger partial charge in [0.15, 0.2) is 62.9 Å². The van der Waals surface area contributed by atoms with E-state index in [4.69, 9.17) is 100 Å². The quantitative estimate of drug-likeness (QED) is 0.0266. The average Bonchev–Trinajstić information content (AvgIpc) is 0.770. The Morgan fingerprint density at radius 2 is 0.350 bits per heavy atom. The van der Waals surface area contributed by atoms with Crippen LogP contribution in [-0.4, -0.2) is 545 Å². The normalized spacial score (nSPS) is 51.6. The van der Waals surface area contributed by atoms with Crippen LogP contribution in [-0.2, 0) is 94.7 Å². The van der Waals surface area contributed by atoms with E-state index >= 15 is 0 Å². The van der Waals surface area contributed by atoms with Crippen molar-refractivity contribution in [3.63, 3.8) is 0 Å². The van der Waals surface area contributed by atoms with Crippen molar-refractivity contribution in [1.29, 1.82) is 0 Å². The van der Waals surface area contributed by atoms with Crippen molar-refractivity contribution in [3.05, 3.63) is 0 Å². The van der Waals surface area contributed by atoms with Crippen LogP contribution in [0.15, 0.2) is 0 Å². The molecule has 0 spiro atoms. The molecular formula is C65H113NO51. The Hall–Kier alpha value is -2.08. The maximum Gasteiger partial charge on any atom is 0.187 e. The van der Waals surface area contributed by atoms with Crippen molar-refractivity contribution in [3.8, 4) is 0 Å². The van der Waals surface area contributed by atoms with Gasteiger partial charge in [-0.1, -0.05) is 0 Å². The lowest BCUT2D eigenvalue weighted by atomic mass is 9.95. The molecule has 0 amide bonds. The lowest BCUT2D eigenvalue weighted by molar-refractivity contribution is -0.417.